The number of nitrogens with zero attached hydrogens (tertiary/aromatic N) is 2. The maximum absolute atomic E-state index is 3.93. The van der Waals surface area contributed by atoms with Crippen molar-refractivity contribution in [3.05, 3.63) is 86.0 Å². The molecule has 4 aromatic rings. The van der Waals surface area contributed by atoms with Crippen molar-refractivity contribution in [1.29, 1.82) is 0 Å². The van der Waals surface area contributed by atoms with Crippen molar-refractivity contribution in [3.63, 3.8) is 0 Å². The highest BCUT2D eigenvalue weighted by Gasteiger charge is 2.15. The topological polar surface area (TPSA) is 9.86 Å². The van der Waals surface area contributed by atoms with Crippen LogP contribution in [0.15, 0.2) is 86.0 Å². The van der Waals surface area contributed by atoms with Crippen LogP contribution in [0.2, 0.25) is 0 Å². The Balaban J connectivity index is 2.05. The maximum atomic E-state index is 3.93. The van der Waals surface area contributed by atoms with E-state index in [0.29, 0.717) is 0 Å². The van der Waals surface area contributed by atoms with Gasteiger partial charge in [0.15, 0.2) is 0 Å². The monoisotopic (exact) mass is 312 g/mol. The number of fused-ring (bicyclic) bond motifs is 2. The SMILES string of the molecule is C=CCn1c(-c2cc3ccccc3n2CC=C)cc2ccccc21. The molecule has 0 atom stereocenters. The van der Waals surface area contributed by atoms with Crippen molar-refractivity contribution in [2.75, 3.05) is 0 Å². The predicted octanol–water partition coefficient (Wildman–Crippen LogP) is 5.64. The molecule has 2 aromatic carbocycles. The molecule has 0 amide bonds. The second-order valence-electron chi connectivity index (χ2n) is 5.98. The fraction of sp³-hybridized carbons (Fsp3) is 0.0909. The van der Waals surface area contributed by atoms with E-state index in [4.69, 9.17) is 0 Å². The van der Waals surface area contributed by atoms with Gasteiger partial charge in [-0.3, -0.25) is 0 Å². The van der Waals surface area contributed by atoms with Crippen molar-refractivity contribution in [1.82, 2.24) is 9.13 Å². The van der Waals surface area contributed by atoms with E-state index in [-0.39, 0.29) is 0 Å². The molecule has 2 heterocycles. The first-order chi connectivity index (χ1) is 11.8. The van der Waals surface area contributed by atoms with Gasteiger partial charge < -0.3 is 9.13 Å². The Bertz CT molecular complexity index is 960. The highest BCUT2D eigenvalue weighted by atomic mass is 15.0. The maximum Gasteiger partial charge on any atom is 0.0662 e. The Labute approximate surface area is 142 Å². The van der Waals surface area contributed by atoms with Crippen LogP contribution in [-0.2, 0) is 13.1 Å². The number of para-hydroxylation sites is 2. The zero-order chi connectivity index (χ0) is 16.5. The summed E-state index contributed by atoms with van der Waals surface area (Å²) in [7, 11) is 0. The Morgan fingerprint density at radius 1 is 0.667 bits per heavy atom. The molecule has 118 valence electrons. The number of rotatable bonds is 5. The van der Waals surface area contributed by atoms with E-state index in [0.717, 1.165) is 13.1 Å². The molecule has 0 radical (unpaired) electrons. The number of benzene rings is 2. The van der Waals surface area contributed by atoms with Crippen LogP contribution >= 0.6 is 0 Å². The van der Waals surface area contributed by atoms with Gasteiger partial charge in [-0.1, -0.05) is 48.6 Å². The van der Waals surface area contributed by atoms with Gasteiger partial charge in [0.2, 0.25) is 0 Å². The molecule has 2 nitrogen and oxygen atoms in total. The third kappa shape index (κ3) is 2.19. The largest absolute Gasteiger partial charge is 0.335 e. The molecule has 0 bridgehead atoms. The lowest BCUT2D eigenvalue weighted by Gasteiger charge is -2.12. The lowest BCUT2D eigenvalue weighted by Crippen LogP contribution is -2.03. The predicted molar refractivity (Wildman–Crippen MR) is 103 cm³/mol. The molecule has 0 unspecified atom stereocenters. The molecule has 2 heteroatoms. The average molecular weight is 312 g/mol. The summed E-state index contributed by atoms with van der Waals surface area (Å²) < 4.78 is 4.66. The molecule has 0 aliphatic carbocycles. The molecule has 0 aliphatic heterocycles. The van der Waals surface area contributed by atoms with Crippen LogP contribution in [-0.4, -0.2) is 9.13 Å². The van der Waals surface area contributed by atoms with Crippen LogP contribution in [0.1, 0.15) is 0 Å². The molecule has 2 aromatic heterocycles. The molecule has 0 aliphatic rings. The minimum absolute atomic E-state index is 0.790. The van der Waals surface area contributed by atoms with Crippen molar-refractivity contribution in [2.24, 2.45) is 0 Å². The van der Waals surface area contributed by atoms with E-state index in [9.17, 15) is 0 Å². The zero-order valence-electron chi connectivity index (χ0n) is 13.7. The molecule has 4 rings (SSSR count). The van der Waals surface area contributed by atoms with Crippen molar-refractivity contribution >= 4 is 21.8 Å². The van der Waals surface area contributed by atoms with Gasteiger partial charge in [0.25, 0.3) is 0 Å². The van der Waals surface area contributed by atoms with Gasteiger partial charge in [-0.25, -0.2) is 0 Å². The van der Waals surface area contributed by atoms with Crippen molar-refractivity contribution in [2.45, 2.75) is 13.1 Å². The lowest BCUT2D eigenvalue weighted by molar-refractivity contribution is 0.830. The smallest absolute Gasteiger partial charge is 0.0662 e. The highest BCUT2D eigenvalue weighted by Crippen LogP contribution is 2.32. The zero-order valence-corrected chi connectivity index (χ0v) is 13.7. The first-order valence-corrected chi connectivity index (χ1v) is 8.22. The summed E-state index contributed by atoms with van der Waals surface area (Å²) in [6, 6.07) is 21.6. The van der Waals surface area contributed by atoms with Crippen LogP contribution in [0.25, 0.3) is 33.2 Å². The summed E-state index contributed by atoms with van der Waals surface area (Å²) in [5.74, 6) is 0. The number of aromatic nitrogens is 2. The fourth-order valence-corrected chi connectivity index (χ4v) is 3.50. The first-order valence-electron chi connectivity index (χ1n) is 8.22. The number of hydrogen-bond donors (Lipinski definition) is 0. The van der Waals surface area contributed by atoms with Crippen LogP contribution in [0, 0.1) is 0 Å². The molecule has 0 spiro atoms. The minimum atomic E-state index is 0.790. The summed E-state index contributed by atoms with van der Waals surface area (Å²) in [6.45, 7) is 9.45. The van der Waals surface area contributed by atoms with Gasteiger partial charge in [-0.05, 0) is 24.3 Å². The molecular formula is C22H20N2. The molecule has 0 fully saturated rings. The third-order valence-corrected chi connectivity index (χ3v) is 4.51. The molecule has 0 N–H and O–H groups in total. The van der Waals surface area contributed by atoms with Crippen LogP contribution < -0.4 is 0 Å². The van der Waals surface area contributed by atoms with E-state index in [2.05, 4.69) is 83.0 Å². The van der Waals surface area contributed by atoms with E-state index in [1.807, 2.05) is 12.2 Å². The van der Waals surface area contributed by atoms with Gasteiger partial charge >= 0.3 is 0 Å². The third-order valence-electron chi connectivity index (χ3n) is 4.51. The second kappa shape index (κ2) is 5.89. The van der Waals surface area contributed by atoms with E-state index in [1.54, 1.807) is 0 Å². The van der Waals surface area contributed by atoms with Gasteiger partial charge in [-0.2, -0.15) is 0 Å². The quantitative estimate of drug-likeness (QED) is 0.422. The molecule has 0 saturated heterocycles. The van der Waals surface area contributed by atoms with E-state index >= 15 is 0 Å². The normalized spacial score (nSPS) is 11.2. The standard InChI is InChI=1S/C22H20N2/c1-3-13-23-19-11-7-5-9-17(19)15-21(23)22-16-18-10-6-8-12-20(18)24(22)14-4-2/h3-12,15-16H,1-2,13-14H2. The fourth-order valence-electron chi connectivity index (χ4n) is 3.50. The summed E-state index contributed by atoms with van der Waals surface area (Å²) in [6.07, 6.45) is 3.91. The number of hydrogen-bond acceptors (Lipinski definition) is 0. The summed E-state index contributed by atoms with van der Waals surface area (Å²) in [4.78, 5) is 0. The molecule has 0 saturated carbocycles. The van der Waals surface area contributed by atoms with Gasteiger partial charge in [0.1, 0.15) is 0 Å². The first kappa shape index (κ1) is 14.6. The van der Waals surface area contributed by atoms with Gasteiger partial charge in [-0.15, -0.1) is 13.2 Å². The Morgan fingerprint density at radius 3 is 1.50 bits per heavy atom. The van der Waals surface area contributed by atoms with Gasteiger partial charge in [0, 0.05) is 34.9 Å². The average Bonchev–Trinajstić information content (AvgIpc) is 3.15. The van der Waals surface area contributed by atoms with Crippen molar-refractivity contribution < 1.29 is 0 Å². The minimum Gasteiger partial charge on any atom is -0.335 e. The van der Waals surface area contributed by atoms with Crippen LogP contribution in [0.5, 0.6) is 0 Å². The van der Waals surface area contributed by atoms with Crippen LogP contribution in [0.3, 0.4) is 0 Å². The Kier molecular flexibility index (Phi) is 3.58. The van der Waals surface area contributed by atoms with E-state index < -0.39 is 0 Å². The van der Waals surface area contributed by atoms with Crippen LogP contribution in [0.4, 0.5) is 0 Å². The summed E-state index contributed by atoms with van der Waals surface area (Å²) in [5.41, 5.74) is 4.91. The van der Waals surface area contributed by atoms with Crippen molar-refractivity contribution in [3.8, 4) is 11.4 Å². The van der Waals surface area contributed by atoms with E-state index in [1.165, 1.54) is 33.2 Å². The van der Waals surface area contributed by atoms with Gasteiger partial charge in [0.05, 0.1) is 11.4 Å². The Hall–Kier alpha value is -3.00. The molecular weight excluding hydrogens is 292 g/mol. The summed E-state index contributed by atoms with van der Waals surface area (Å²) in [5, 5.41) is 2.51. The number of allylic oxidation sites excluding steroid dienone is 2. The lowest BCUT2D eigenvalue weighted by atomic mass is 10.2. The Morgan fingerprint density at radius 2 is 1.08 bits per heavy atom. The second-order valence-corrected chi connectivity index (χ2v) is 5.98. The summed E-state index contributed by atoms with van der Waals surface area (Å²) >= 11 is 0. The molecule has 24 heavy (non-hydrogen) atoms. The highest BCUT2D eigenvalue weighted by molar-refractivity contribution is 5.91.